The molecule has 1 aliphatic heterocycles. The number of phenols is 1. The average Bonchev–Trinajstić information content (AvgIpc) is 3.40. The molecule has 0 radical (unpaired) electrons. The van der Waals surface area contributed by atoms with Crippen molar-refractivity contribution in [1.29, 1.82) is 0 Å². The zero-order valence-corrected chi connectivity index (χ0v) is 24.9. The Kier molecular flexibility index (Phi) is 6.39. The van der Waals surface area contributed by atoms with Gasteiger partial charge >= 0.3 is 11.4 Å². The number of Topliss-reactive ketones (excluding diaryl/α,β-unsaturated/α-hetero) is 1. The zero-order valence-electron chi connectivity index (χ0n) is 24.1. The molecule has 3 N–H and O–H groups in total. The van der Waals surface area contributed by atoms with Gasteiger partial charge in [0.25, 0.3) is 0 Å². The van der Waals surface area contributed by atoms with Gasteiger partial charge in [-0.2, -0.15) is 4.21 Å². The number of carbonyl (C=O) groups excluding carboxylic acids is 1. The van der Waals surface area contributed by atoms with Crippen molar-refractivity contribution in [2.75, 3.05) is 0 Å². The Morgan fingerprint density at radius 2 is 1.56 bits per heavy atom. The van der Waals surface area contributed by atoms with E-state index in [1.807, 2.05) is 18.2 Å². The first-order valence-electron chi connectivity index (χ1n) is 15.6. The van der Waals surface area contributed by atoms with Crippen LogP contribution in [0.25, 0.3) is 0 Å². The standard InChI is InChI=1S/C35H37NO6S/c36-27-15-19-34-30-22-11-12-28(37)31(30)40-32(34)29(38)16-20-35(34,26(27)21-22)42-43(39)41-25-13-17-33(18-14-25,23-7-3-1-4-8-23)24-9-5-2-6-10-24/h1-12,25-27,32,37H,13-21,36H2. The second-order valence-electron chi connectivity index (χ2n) is 13.2. The van der Waals surface area contributed by atoms with Gasteiger partial charge in [0.1, 0.15) is 5.60 Å². The molecule has 1 spiro atoms. The van der Waals surface area contributed by atoms with E-state index < -0.39 is 28.5 Å². The third kappa shape index (κ3) is 3.82. The molecule has 1 heterocycles. The van der Waals surface area contributed by atoms with E-state index in [1.165, 1.54) is 11.1 Å². The first kappa shape index (κ1) is 27.5. The van der Waals surface area contributed by atoms with E-state index in [0.29, 0.717) is 31.4 Å². The number of benzene rings is 3. The number of ketones is 1. The second-order valence-corrected chi connectivity index (χ2v) is 14.0. The Balaban J connectivity index is 1.08. The molecule has 43 heavy (non-hydrogen) atoms. The number of carbonyl (C=O) groups is 1. The third-order valence-electron chi connectivity index (χ3n) is 11.4. The molecule has 0 amide bonds. The predicted octanol–water partition coefficient (Wildman–Crippen LogP) is 5.33. The molecule has 6 atom stereocenters. The number of rotatable bonds is 6. The quantitative estimate of drug-likeness (QED) is 0.395. The Morgan fingerprint density at radius 3 is 2.23 bits per heavy atom. The fourth-order valence-corrected chi connectivity index (χ4v) is 10.6. The van der Waals surface area contributed by atoms with Gasteiger partial charge in [-0.15, -0.1) is 0 Å². The highest BCUT2D eigenvalue weighted by Crippen LogP contribution is 2.68. The lowest BCUT2D eigenvalue weighted by atomic mass is 9.45. The summed E-state index contributed by atoms with van der Waals surface area (Å²) in [6, 6.07) is 24.6. The molecule has 8 heteroatoms. The summed E-state index contributed by atoms with van der Waals surface area (Å²) in [6.45, 7) is 0. The van der Waals surface area contributed by atoms with Gasteiger partial charge < -0.3 is 15.6 Å². The van der Waals surface area contributed by atoms with E-state index in [1.54, 1.807) is 6.07 Å². The van der Waals surface area contributed by atoms with E-state index in [2.05, 4.69) is 48.5 Å². The molecule has 224 valence electrons. The van der Waals surface area contributed by atoms with Crippen LogP contribution in [0.2, 0.25) is 0 Å². The van der Waals surface area contributed by atoms with Gasteiger partial charge in [-0.25, -0.2) is 0 Å². The minimum Gasteiger partial charge on any atom is -0.504 e. The van der Waals surface area contributed by atoms with Crippen molar-refractivity contribution >= 4 is 17.1 Å². The van der Waals surface area contributed by atoms with E-state index in [4.69, 9.17) is 18.8 Å². The van der Waals surface area contributed by atoms with Crippen LogP contribution in [0.5, 0.6) is 11.5 Å². The summed E-state index contributed by atoms with van der Waals surface area (Å²) in [5.41, 5.74) is 9.27. The first-order chi connectivity index (χ1) is 20.9. The summed E-state index contributed by atoms with van der Waals surface area (Å²) in [5, 5.41) is 10.7. The van der Waals surface area contributed by atoms with Crippen molar-refractivity contribution in [3.63, 3.8) is 0 Å². The van der Waals surface area contributed by atoms with E-state index in [0.717, 1.165) is 36.8 Å². The van der Waals surface area contributed by atoms with Crippen molar-refractivity contribution < 1.29 is 27.2 Å². The molecule has 3 fully saturated rings. The number of phenolic OH excluding ortho intramolecular Hbond substituents is 1. The topological polar surface area (TPSA) is 108 Å². The van der Waals surface area contributed by atoms with Crippen LogP contribution in [0.4, 0.5) is 0 Å². The van der Waals surface area contributed by atoms with Crippen LogP contribution in [0.3, 0.4) is 0 Å². The van der Waals surface area contributed by atoms with Crippen molar-refractivity contribution in [3.8, 4) is 11.5 Å². The highest BCUT2D eigenvalue weighted by Gasteiger charge is 2.75. The van der Waals surface area contributed by atoms with E-state index in [-0.39, 0.29) is 41.4 Å². The first-order valence-corrected chi connectivity index (χ1v) is 16.6. The highest BCUT2D eigenvalue weighted by molar-refractivity contribution is 7.75. The van der Waals surface area contributed by atoms with E-state index in [9.17, 15) is 14.1 Å². The molecule has 0 saturated heterocycles. The maximum atomic E-state index is 13.9. The lowest BCUT2D eigenvalue weighted by Crippen LogP contribution is -2.74. The fraction of sp³-hybridized carbons (Fsp3) is 0.457. The van der Waals surface area contributed by atoms with Crippen LogP contribution in [0.1, 0.15) is 73.6 Å². The van der Waals surface area contributed by atoms with Crippen LogP contribution in [0, 0.1) is 5.92 Å². The maximum Gasteiger partial charge on any atom is 0.305 e. The second kappa shape index (κ2) is 9.99. The minimum absolute atomic E-state index is 0.00552. The molecule has 3 aromatic carbocycles. The summed E-state index contributed by atoms with van der Waals surface area (Å²) >= 11 is -2.06. The summed E-state index contributed by atoms with van der Waals surface area (Å²) in [5.74, 6) is 0.245. The van der Waals surface area contributed by atoms with Gasteiger partial charge in [0.15, 0.2) is 23.4 Å². The number of ether oxygens (including phenoxy) is 1. The molecule has 7 nitrogen and oxygen atoms in total. The normalized spacial score (nSPS) is 33.0. The summed E-state index contributed by atoms with van der Waals surface area (Å²) < 4.78 is 33.0. The summed E-state index contributed by atoms with van der Waals surface area (Å²) in [7, 11) is 0. The molecule has 8 rings (SSSR count). The fourth-order valence-electron chi connectivity index (χ4n) is 9.52. The van der Waals surface area contributed by atoms with Crippen molar-refractivity contribution in [2.45, 2.75) is 92.5 Å². The minimum atomic E-state index is -2.06. The number of aromatic hydroxyl groups is 1. The Morgan fingerprint density at radius 1 is 0.884 bits per heavy atom. The molecule has 5 aliphatic rings. The van der Waals surface area contributed by atoms with Gasteiger partial charge in [-0.05, 0) is 74.1 Å². The van der Waals surface area contributed by atoms with Gasteiger partial charge in [-0.3, -0.25) is 13.2 Å². The van der Waals surface area contributed by atoms with Crippen molar-refractivity contribution in [3.05, 3.63) is 95.1 Å². The lowest BCUT2D eigenvalue weighted by molar-refractivity contribution is -0.169. The largest absolute Gasteiger partial charge is 0.504 e. The molecular formula is C35H37NO6S. The van der Waals surface area contributed by atoms with Gasteiger partial charge in [-0.1, -0.05) is 66.7 Å². The predicted molar refractivity (Wildman–Crippen MR) is 162 cm³/mol. The third-order valence-corrected chi connectivity index (χ3v) is 12.3. The molecular weight excluding hydrogens is 562 g/mol. The van der Waals surface area contributed by atoms with Crippen molar-refractivity contribution in [1.82, 2.24) is 0 Å². The highest BCUT2D eigenvalue weighted by atomic mass is 32.2. The summed E-state index contributed by atoms with van der Waals surface area (Å²) in [6.07, 6.45) is 4.75. The lowest BCUT2D eigenvalue weighted by Gasteiger charge is -2.62. The Labute approximate surface area is 254 Å². The van der Waals surface area contributed by atoms with Crippen LogP contribution < -0.4 is 10.5 Å². The molecule has 0 aromatic heterocycles. The van der Waals surface area contributed by atoms with Gasteiger partial charge in [0.05, 0.1) is 11.5 Å². The molecule has 2 bridgehead atoms. The van der Waals surface area contributed by atoms with Crippen LogP contribution in [0.15, 0.2) is 72.8 Å². The van der Waals surface area contributed by atoms with Crippen LogP contribution >= 0.6 is 0 Å². The monoisotopic (exact) mass is 599 g/mol. The van der Waals surface area contributed by atoms with Gasteiger partial charge in [0.2, 0.25) is 0 Å². The number of hydrogen-bond donors (Lipinski definition) is 2. The molecule has 4 aliphatic carbocycles. The van der Waals surface area contributed by atoms with Crippen LogP contribution in [-0.2, 0) is 41.8 Å². The molecule has 3 saturated carbocycles. The zero-order chi connectivity index (χ0) is 29.4. The SMILES string of the molecule is NC1CCC23c4c5ccc(O)c4OC2C(=O)CCC3(OS(=O)OC2CCC(c3ccccc3)(c3ccccc3)CC2)C1C5. The smallest absolute Gasteiger partial charge is 0.305 e. The molecule has 6 unspecified atom stereocenters. The number of nitrogens with two attached hydrogens (primary N) is 1. The molecule has 3 aromatic rings. The Bertz CT molecular complexity index is 1550. The van der Waals surface area contributed by atoms with E-state index >= 15 is 0 Å². The average molecular weight is 600 g/mol. The Hall–Kier alpha value is -3.04. The number of hydrogen-bond acceptors (Lipinski definition) is 7. The van der Waals surface area contributed by atoms with Crippen LogP contribution in [-0.4, -0.2) is 38.9 Å². The maximum absolute atomic E-state index is 13.9. The summed E-state index contributed by atoms with van der Waals surface area (Å²) in [4.78, 5) is 13.4. The van der Waals surface area contributed by atoms with Crippen molar-refractivity contribution in [2.24, 2.45) is 11.7 Å². The van der Waals surface area contributed by atoms with Gasteiger partial charge in [0, 0.05) is 29.4 Å².